The highest BCUT2D eigenvalue weighted by Crippen LogP contribution is 2.18. The summed E-state index contributed by atoms with van der Waals surface area (Å²) in [6.45, 7) is 0.748. The van der Waals surface area contributed by atoms with Crippen molar-refractivity contribution in [2.75, 3.05) is 24.7 Å². The lowest BCUT2D eigenvalue weighted by atomic mass is 10.1. The van der Waals surface area contributed by atoms with Crippen molar-refractivity contribution < 1.29 is 9.53 Å². The minimum absolute atomic E-state index is 0.377. The van der Waals surface area contributed by atoms with Crippen LogP contribution in [0.3, 0.4) is 0 Å². The number of anilines is 2. The molecule has 0 saturated carbocycles. The molecule has 5 nitrogen and oxygen atoms in total. The molecule has 0 bridgehead atoms. The Labute approximate surface area is 115 Å². The SMILES string of the molecule is COC(=O)c1cc(NCCc2nccs2)ccc1N. The van der Waals surface area contributed by atoms with Gasteiger partial charge in [0.2, 0.25) is 0 Å². The Morgan fingerprint density at radius 1 is 1.53 bits per heavy atom. The van der Waals surface area contributed by atoms with E-state index in [0.29, 0.717) is 11.3 Å². The van der Waals surface area contributed by atoms with Crippen LogP contribution in [0.15, 0.2) is 29.8 Å². The van der Waals surface area contributed by atoms with Crippen LogP contribution in [0.4, 0.5) is 11.4 Å². The first-order valence-electron chi connectivity index (χ1n) is 5.81. The van der Waals surface area contributed by atoms with Crippen molar-refractivity contribution in [3.63, 3.8) is 0 Å². The van der Waals surface area contributed by atoms with E-state index in [1.54, 1.807) is 29.7 Å². The van der Waals surface area contributed by atoms with Crippen LogP contribution in [0.25, 0.3) is 0 Å². The second-order valence-electron chi connectivity index (χ2n) is 3.90. The highest BCUT2D eigenvalue weighted by molar-refractivity contribution is 7.09. The van der Waals surface area contributed by atoms with E-state index in [4.69, 9.17) is 5.73 Å². The van der Waals surface area contributed by atoms with Crippen molar-refractivity contribution in [2.24, 2.45) is 0 Å². The van der Waals surface area contributed by atoms with Crippen LogP contribution in [0, 0.1) is 0 Å². The minimum atomic E-state index is -0.430. The fraction of sp³-hybridized carbons (Fsp3) is 0.231. The van der Waals surface area contributed by atoms with Crippen molar-refractivity contribution in [2.45, 2.75) is 6.42 Å². The molecule has 3 N–H and O–H groups in total. The van der Waals surface area contributed by atoms with Gasteiger partial charge in [0.15, 0.2) is 0 Å². The maximum absolute atomic E-state index is 11.5. The predicted octanol–water partition coefficient (Wildman–Crippen LogP) is 2.17. The van der Waals surface area contributed by atoms with Gasteiger partial charge in [-0.05, 0) is 18.2 Å². The standard InChI is InChI=1S/C13H15N3O2S/c1-18-13(17)10-8-9(2-3-11(10)14)15-5-4-12-16-6-7-19-12/h2-3,6-8,15H,4-5,14H2,1H3. The van der Waals surface area contributed by atoms with E-state index in [1.165, 1.54) is 7.11 Å². The average molecular weight is 277 g/mol. The van der Waals surface area contributed by atoms with Gasteiger partial charge in [-0.15, -0.1) is 11.3 Å². The number of thiazole rings is 1. The summed E-state index contributed by atoms with van der Waals surface area (Å²) < 4.78 is 4.68. The van der Waals surface area contributed by atoms with Crippen LogP contribution in [0.2, 0.25) is 0 Å². The summed E-state index contributed by atoms with van der Waals surface area (Å²) in [5, 5.41) is 6.26. The van der Waals surface area contributed by atoms with E-state index in [1.807, 2.05) is 11.4 Å². The highest BCUT2D eigenvalue weighted by Gasteiger charge is 2.10. The van der Waals surface area contributed by atoms with Crippen molar-refractivity contribution in [3.8, 4) is 0 Å². The first kappa shape index (κ1) is 13.4. The highest BCUT2D eigenvalue weighted by atomic mass is 32.1. The second kappa shape index (κ2) is 6.19. The molecule has 19 heavy (non-hydrogen) atoms. The molecular formula is C13H15N3O2S. The number of carbonyl (C=O) groups is 1. The summed E-state index contributed by atoms with van der Waals surface area (Å²) in [5.41, 5.74) is 7.36. The van der Waals surface area contributed by atoms with E-state index in [-0.39, 0.29) is 0 Å². The third-order valence-electron chi connectivity index (χ3n) is 2.61. The predicted molar refractivity (Wildman–Crippen MR) is 76.5 cm³/mol. The van der Waals surface area contributed by atoms with Crippen LogP contribution < -0.4 is 11.1 Å². The number of hydrogen-bond donors (Lipinski definition) is 2. The Balaban J connectivity index is 1.99. The second-order valence-corrected chi connectivity index (χ2v) is 4.88. The number of nitrogens with one attached hydrogen (secondary N) is 1. The molecule has 0 fully saturated rings. The maximum Gasteiger partial charge on any atom is 0.340 e. The molecule has 0 amide bonds. The van der Waals surface area contributed by atoms with Crippen LogP contribution in [-0.2, 0) is 11.2 Å². The van der Waals surface area contributed by atoms with Gasteiger partial charge in [-0.1, -0.05) is 0 Å². The fourth-order valence-corrected chi connectivity index (χ4v) is 2.26. The molecule has 1 heterocycles. The monoisotopic (exact) mass is 277 g/mol. The van der Waals surface area contributed by atoms with Crippen LogP contribution in [-0.4, -0.2) is 24.6 Å². The van der Waals surface area contributed by atoms with Crippen LogP contribution in [0.1, 0.15) is 15.4 Å². The summed E-state index contributed by atoms with van der Waals surface area (Å²) in [6.07, 6.45) is 2.63. The van der Waals surface area contributed by atoms with E-state index < -0.39 is 5.97 Å². The number of nitrogens with zero attached hydrogens (tertiary/aromatic N) is 1. The van der Waals surface area contributed by atoms with Gasteiger partial charge in [0, 0.05) is 35.9 Å². The molecule has 6 heteroatoms. The molecular weight excluding hydrogens is 262 g/mol. The summed E-state index contributed by atoms with van der Waals surface area (Å²) in [5.74, 6) is -0.430. The van der Waals surface area contributed by atoms with E-state index in [2.05, 4.69) is 15.0 Å². The number of aromatic nitrogens is 1. The Hall–Kier alpha value is -2.08. The summed E-state index contributed by atoms with van der Waals surface area (Å²) in [4.78, 5) is 15.7. The number of ether oxygens (including phenoxy) is 1. The molecule has 1 aromatic carbocycles. The van der Waals surface area contributed by atoms with E-state index >= 15 is 0 Å². The number of rotatable bonds is 5. The third-order valence-corrected chi connectivity index (χ3v) is 3.45. The number of hydrogen-bond acceptors (Lipinski definition) is 6. The number of methoxy groups -OCH3 is 1. The Morgan fingerprint density at radius 3 is 3.05 bits per heavy atom. The number of carbonyl (C=O) groups excluding carboxylic acids is 1. The molecule has 0 atom stereocenters. The van der Waals surface area contributed by atoms with E-state index in [9.17, 15) is 4.79 Å². The summed E-state index contributed by atoms with van der Waals surface area (Å²) >= 11 is 1.63. The molecule has 0 aliphatic heterocycles. The molecule has 0 radical (unpaired) electrons. The first-order valence-corrected chi connectivity index (χ1v) is 6.68. The smallest absolute Gasteiger partial charge is 0.340 e. The Kier molecular flexibility index (Phi) is 4.35. The largest absolute Gasteiger partial charge is 0.465 e. The van der Waals surface area contributed by atoms with Crippen molar-refractivity contribution >= 4 is 28.7 Å². The van der Waals surface area contributed by atoms with Gasteiger partial charge in [0.05, 0.1) is 17.7 Å². The van der Waals surface area contributed by atoms with E-state index in [0.717, 1.165) is 23.7 Å². The number of benzene rings is 1. The normalized spacial score (nSPS) is 10.2. The lowest BCUT2D eigenvalue weighted by Gasteiger charge is -2.09. The van der Waals surface area contributed by atoms with Crippen molar-refractivity contribution in [3.05, 3.63) is 40.3 Å². The quantitative estimate of drug-likeness (QED) is 0.647. The molecule has 0 saturated heterocycles. The molecule has 0 aliphatic carbocycles. The Bertz CT molecular complexity index is 555. The Morgan fingerprint density at radius 2 is 2.37 bits per heavy atom. The number of nitrogen functional groups attached to an aromatic ring is 1. The molecule has 0 spiro atoms. The van der Waals surface area contributed by atoms with Gasteiger partial charge in [-0.2, -0.15) is 0 Å². The molecule has 0 aliphatic rings. The van der Waals surface area contributed by atoms with Gasteiger partial charge < -0.3 is 15.8 Å². The summed E-state index contributed by atoms with van der Waals surface area (Å²) in [7, 11) is 1.34. The minimum Gasteiger partial charge on any atom is -0.465 e. The lowest BCUT2D eigenvalue weighted by Crippen LogP contribution is -2.09. The molecule has 100 valence electrons. The van der Waals surface area contributed by atoms with Crippen molar-refractivity contribution in [1.29, 1.82) is 0 Å². The molecule has 1 aromatic heterocycles. The van der Waals surface area contributed by atoms with Gasteiger partial charge >= 0.3 is 5.97 Å². The summed E-state index contributed by atoms with van der Waals surface area (Å²) in [6, 6.07) is 5.23. The average Bonchev–Trinajstić information content (AvgIpc) is 2.93. The van der Waals surface area contributed by atoms with Gasteiger partial charge in [0.1, 0.15) is 0 Å². The van der Waals surface area contributed by atoms with Gasteiger partial charge in [0.25, 0.3) is 0 Å². The van der Waals surface area contributed by atoms with Crippen molar-refractivity contribution in [1.82, 2.24) is 4.98 Å². The van der Waals surface area contributed by atoms with Gasteiger partial charge in [-0.3, -0.25) is 0 Å². The topological polar surface area (TPSA) is 77.2 Å². The van der Waals surface area contributed by atoms with Gasteiger partial charge in [-0.25, -0.2) is 9.78 Å². The first-order chi connectivity index (χ1) is 9.20. The third kappa shape index (κ3) is 3.45. The molecule has 0 unspecified atom stereocenters. The zero-order chi connectivity index (χ0) is 13.7. The fourth-order valence-electron chi connectivity index (χ4n) is 1.64. The molecule has 2 rings (SSSR count). The number of nitrogens with two attached hydrogens (primary N) is 1. The number of esters is 1. The maximum atomic E-state index is 11.5. The van der Waals surface area contributed by atoms with Crippen LogP contribution >= 0.6 is 11.3 Å². The zero-order valence-corrected chi connectivity index (χ0v) is 11.4. The lowest BCUT2D eigenvalue weighted by molar-refractivity contribution is 0.0602. The van der Waals surface area contributed by atoms with Crippen LogP contribution in [0.5, 0.6) is 0 Å². The molecule has 2 aromatic rings. The zero-order valence-electron chi connectivity index (χ0n) is 10.6.